The second-order valence-corrected chi connectivity index (χ2v) is 6.24. The molecular formula is C15H13F3N2O2S. The van der Waals surface area contributed by atoms with Crippen LogP contribution in [0.25, 0.3) is 0 Å². The molecule has 1 aliphatic carbocycles. The fourth-order valence-electron chi connectivity index (χ4n) is 2.10. The van der Waals surface area contributed by atoms with Crippen LogP contribution in [0.4, 0.5) is 18.9 Å². The molecule has 1 aromatic carbocycles. The molecule has 0 spiro atoms. The lowest BCUT2D eigenvalue weighted by atomic mass is 10.2. The number of hydrogen-bond donors (Lipinski definition) is 1. The molecule has 1 aliphatic rings. The number of aryl methyl sites for hydroxylation is 1. The Balaban J connectivity index is 1.82. The van der Waals surface area contributed by atoms with Crippen LogP contribution in [0.15, 0.2) is 18.2 Å². The van der Waals surface area contributed by atoms with Crippen LogP contribution in [0, 0.1) is 12.7 Å². The fourth-order valence-corrected chi connectivity index (χ4v) is 3.24. The molecule has 122 valence electrons. The van der Waals surface area contributed by atoms with Gasteiger partial charge in [0.25, 0.3) is 5.91 Å². The van der Waals surface area contributed by atoms with E-state index in [1.807, 2.05) is 0 Å². The molecule has 0 aliphatic heterocycles. The molecule has 1 N–H and O–H groups in total. The zero-order valence-electron chi connectivity index (χ0n) is 12.1. The molecule has 0 saturated heterocycles. The summed E-state index contributed by atoms with van der Waals surface area (Å²) in [6.45, 7) is -1.39. The zero-order chi connectivity index (χ0) is 16.6. The van der Waals surface area contributed by atoms with Gasteiger partial charge in [-0.05, 0) is 31.9 Å². The number of aromatic nitrogens is 1. The van der Waals surface area contributed by atoms with Crippen molar-refractivity contribution in [2.24, 2.45) is 0 Å². The average molecular weight is 342 g/mol. The third kappa shape index (κ3) is 3.64. The van der Waals surface area contributed by atoms with Gasteiger partial charge < -0.3 is 10.1 Å². The summed E-state index contributed by atoms with van der Waals surface area (Å²) in [6, 6.07) is 3.04. The molecule has 0 bridgehead atoms. The van der Waals surface area contributed by atoms with E-state index in [9.17, 15) is 18.0 Å². The van der Waals surface area contributed by atoms with Crippen molar-refractivity contribution in [2.45, 2.75) is 32.3 Å². The highest BCUT2D eigenvalue weighted by atomic mass is 32.1. The van der Waals surface area contributed by atoms with Crippen LogP contribution in [0.2, 0.25) is 0 Å². The average Bonchev–Trinajstić information content (AvgIpc) is 3.24. The Morgan fingerprint density at radius 2 is 2.17 bits per heavy atom. The number of ether oxygens (including phenoxy) is 1. The van der Waals surface area contributed by atoms with Gasteiger partial charge in [0.05, 0.1) is 16.4 Å². The predicted molar refractivity (Wildman–Crippen MR) is 79.8 cm³/mol. The number of anilines is 1. The summed E-state index contributed by atoms with van der Waals surface area (Å²) in [5.74, 6) is -1.21. The first-order valence-corrected chi connectivity index (χ1v) is 7.78. The van der Waals surface area contributed by atoms with Crippen molar-refractivity contribution < 1.29 is 22.7 Å². The van der Waals surface area contributed by atoms with E-state index in [-0.39, 0.29) is 5.69 Å². The summed E-state index contributed by atoms with van der Waals surface area (Å²) < 4.78 is 42.2. The zero-order valence-corrected chi connectivity index (χ0v) is 12.9. The maximum atomic E-state index is 13.2. The molecular weight excluding hydrogens is 329 g/mol. The van der Waals surface area contributed by atoms with Crippen LogP contribution >= 0.6 is 11.3 Å². The molecule has 1 aromatic heterocycles. The Morgan fingerprint density at radius 1 is 1.43 bits per heavy atom. The third-order valence-corrected chi connectivity index (χ3v) is 4.67. The number of thiazole rings is 1. The standard InChI is InChI=1S/C15H13F3N2O2S/c1-7-12(23-14(19-7)8-2-3-8)13(21)20-10-5-4-9(16)6-11(10)22-15(17)18/h4-6,8,15H,2-3H2,1H3,(H,20,21). The Morgan fingerprint density at radius 3 is 2.83 bits per heavy atom. The quantitative estimate of drug-likeness (QED) is 0.880. The predicted octanol–water partition coefficient (Wildman–Crippen LogP) is 4.32. The van der Waals surface area contributed by atoms with Crippen LogP contribution in [0.5, 0.6) is 5.75 Å². The van der Waals surface area contributed by atoms with Gasteiger partial charge in [-0.3, -0.25) is 4.79 Å². The number of hydrogen-bond acceptors (Lipinski definition) is 4. The lowest BCUT2D eigenvalue weighted by Gasteiger charge is -2.11. The van der Waals surface area contributed by atoms with Crippen LogP contribution in [0.1, 0.15) is 39.1 Å². The second-order valence-electron chi connectivity index (χ2n) is 5.21. The van der Waals surface area contributed by atoms with Crippen molar-refractivity contribution in [1.29, 1.82) is 0 Å². The van der Waals surface area contributed by atoms with Gasteiger partial charge in [0.15, 0.2) is 5.75 Å². The van der Waals surface area contributed by atoms with Gasteiger partial charge in [-0.1, -0.05) is 0 Å². The Kier molecular flexibility index (Phi) is 4.25. The molecule has 0 unspecified atom stereocenters. The van der Waals surface area contributed by atoms with Crippen molar-refractivity contribution in [3.8, 4) is 5.75 Å². The maximum absolute atomic E-state index is 13.2. The molecule has 23 heavy (non-hydrogen) atoms. The highest BCUT2D eigenvalue weighted by molar-refractivity contribution is 7.14. The largest absolute Gasteiger partial charge is 0.432 e. The Bertz CT molecular complexity index is 744. The maximum Gasteiger partial charge on any atom is 0.387 e. The molecule has 0 atom stereocenters. The molecule has 1 amide bonds. The Labute approximate surface area is 134 Å². The fraction of sp³-hybridized carbons (Fsp3) is 0.333. The molecule has 1 fully saturated rings. The smallest absolute Gasteiger partial charge is 0.387 e. The van der Waals surface area contributed by atoms with Crippen molar-refractivity contribution in [2.75, 3.05) is 5.32 Å². The van der Waals surface area contributed by atoms with E-state index in [2.05, 4.69) is 15.0 Å². The molecule has 0 radical (unpaired) electrons. The van der Waals surface area contributed by atoms with Crippen LogP contribution < -0.4 is 10.1 Å². The topological polar surface area (TPSA) is 51.2 Å². The molecule has 1 heterocycles. The highest BCUT2D eigenvalue weighted by Gasteiger charge is 2.29. The summed E-state index contributed by atoms with van der Waals surface area (Å²) in [4.78, 5) is 17.1. The molecule has 1 saturated carbocycles. The number of amides is 1. The normalized spacial score (nSPS) is 14.1. The Hall–Kier alpha value is -2.09. The molecule has 3 rings (SSSR count). The van der Waals surface area contributed by atoms with Crippen molar-refractivity contribution in [1.82, 2.24) is 4.98 Å². The minimum absolute atomic E-state index is 0.0162. The number of rotatable bonds is 5. The number of carbonyl (C=O) groups excluding carboxylic acids is 1. The van der Waals surface area contributed by atoms with Gasteiger partial charge in [-0.2, -0.15) is 8.78 Å². The van der Waals surface area contributed by atoms with E-state index in [4.69, 9.17) is 0 Å². The van der Waals surface area contributed by atoms with Gasteiger partial charge in [0.1, 0.15) is 10.7 Å². The monoisotopic (exact) mass is 342 g/mol. The van der Waals surface area contributed by atoms with Crippen LogP contribution in [-0.4, -0.2) is 17.5 Å². The lowest BCUT2D eigenvalue weighted by Crippen LogP contribution is -2.14. The molecule has 8 heteroatoms. The number of nitrogens with one attached hydrogen (secondary N) is 1. The van der Waals surface area contributed by atoms with E-state index < -0.39 is 24.1 Å². The minimum atomic E-state index is -3.11. The van der Waals surface area contributed by atoms with Crippen LogP contribution in [-0.2, 0) is 0 Å². The number of benzene rings is 1. The van der Waals surface area contributed by atoms with E-state index >= 15 is 0 Å². The van der Waals surface area contributed by atoms with Gasteiger partial charge in [0.2, 0.25) is 0 Å². The number of halogens is 3. The molecule has 4 nitrogen and oxygen atoms in total. The third-order valence-electron chi connectivity index (χ3n) is 3.35. The van der Waals surface area contributed by atoms with Crippen molar-refractivity contribution in [3.63, 3.8) is 0 Å². The van der Waals surface area contributed by atoms with Gasteiger partial charge in [-0.15, -0.1) is 11.3 Å². The minimum Gasteiger partial charge on any atom is -0.432 e. The van der Waals surface area contributed by atoms with Gasteiger partial charge in [-0.25, -0.2) is 9.37 Å². The summed E-state index contributed by atoms with van der Waals surface area (Å²) in [6.07, 6.45) is 2.14. The number of alkyl halides is 2. The van der Waals surface area contributed by atoms with E-state index in [0.717, 1.165) is 30.0 Å². The van der Waals surface area contributed by atoms with Gasteiger partial charge in [0, 0.05) is 12.0 Å². The van der Waals surface area contributed by atoms with E-state index in [1.165, 1.54) is 17.4 Å². The second kappa shape index (κ2) is 6.19. The van der Waals surface area contributed by atoms with Crippen molar-refractivity contribution >= 4 is 22.9 Å². The van der Waals surface area contributed by atoms with Crippen LogP contribution in [0.3, 0.4) is 0 Å². The van der Waals surface area contributed by atoms with E-state index in [0.29, 0.717) is 16.5 Å². The van der Waals surface area contributed by atoms with Gasteiger partial charge >= 0.3 is 6.61 Å². The van der Waals surface area contributed by atoms with E-state index in [1.54, 1.807) is 6.92 Å². The summed E-state index contributed by atoms with van der Waals surface area (Å²) in [5, 5.41) is 3.39. The number of nitrogens with zero attached hydrogens (tertiary/aromatic N) is 1. The SMILES string of the molecule is Cc1nc(C2CC2)sc1C(=O)Nc1ccc(F)cc1OC(F)F. The first-order chi connectivity index (χ1) is 10.9. The lowest BCUT2D eigenvalue weighted by molar-refractivity contribution is -0.0495. The number of carbonyl (C=O) groups is 1. The summed E-state index contributed by atoms with van der Waals surface area (Å²) in [5.41, 5.74) is 0.574. The molecule has 2 aromatic rings. The first-order valence-electron chi connectivity index (χ1n) is 6.97. The summed E-state index contributed by atoms with van der Waals surface area (Å²) >= 11 is 1.29. The first kappa shape index (κ1) is 15.8. The van der Waals surface area contributed by atoms with Crippen molar-refractivity contribution in [3.05, 3.63) is 39.6 Å². The summed E-state index contributed by atoms with van der Waals surface area (Å²) in [7, 11) is 0. The highest BCUT2D eigenvalue weighted by Crippen LogP contribution is 2.42.